The highest BCUT2D eigenvalue weighted by Gasteiger charge is 2.35. The van der Waals surface area contributed by atoms with Crippen LogP contribution in [0.2, 0.25) is 0 Å². The maximum absolute atomic E-state index is 12.5. The smallest absolute Gasteiger partial charge is 0.240 e. The van der Waals surface area contributed by atoms with Gasteiger partial charge in [-0.15, -0.1) is 0 Å². The average Bonchev–Trinajstić information content (AvgIpc) is 2.72. The van der Waals surface area contributed by atoms with Crippen molar-refractivity contribution in [1.29, 1.82) is 0 Å². The van der Waals surface area contributed by atoms with Crippen molar-refractivity contribution in [3.8, 4) is 0 Å². The molecule has 1 aliphatic heterocycles. The number of hydrogen-bond acceptors (Lipinski definition) is 3. The maximum atomic E-state index is 12.5. The van der Waals surface area contributed by atoms with Gasteiger partial charge in [-0.25, -0.2) is 0 Å². The third-order valence-electron chi connectivity index (χ3n) is 5.41. The Morgan fingerprint density at radius 2 is 1.95 bits per heavy atom. The molecule has 2 rings (SSSR count). The minimum atomic E-state index is 0.0364. The summed E-state index contributed by atoms with van der Waals surface area (Å²) in [5, 5.41) is 3.39. The number of hydrogen-bond donors (Lipinski definition) is 1. The molecule has 1 N–H and O–H groups in total. The van der Waals surface area contributed by atoms with Gasteiger partial charge in [0.15, 0.2) is 0 Å². The molecule has 0 aromatic rings. The first-order valence-electron chi connectivity index (χ1n) is 8.68. The van der Waals surface area contributed by atoms with Gasteiger partial charge >= 0.3 is 0 Å². The maximum Gasteiger partial charge on any atom is 0.240 e. The molecule has 1 heterocycles. The van der Waals surface area contributed by atoms with E-state index >= 15 is 0 Å². The molecular formula is C17H33N3O. The predicted molar refractivity (Wildman–Crippen MR) is 87.3 cm³/mol. The number of rotatable bonds is 3. The number of carbonyl (C=O) groups excluding carboxylic acids is 1. The van der Waals surface area contributed by atoms with E-state index in [0.717, 1.165) is 31.5 Å². The summed E-state index contributed by atoms with van der Waals surface area (Å²) in [5.41, 5.74) is 0. The van der Waals surface area contributed by atoms with E-state index < -0.39 is 0 Å². The van der Waals surface area contributed by atoms with E-state index in [0.29, 0.717) is 6.04 Å². The zero-order valence-corrected chi connectivity index (χ0v) is 14.3. The standard InChI is InChI=1S/C17H33N3O/c1-13(2)14-6-5-7-15(9-8-14)20-11-10-18-12-16(20)17(21)19(3)4/h13-16,18H,5-12H2,1-4H3. The van der Waals surface area contributed by atoms with Crippen molar-refractivity contribution in [3.63, 3.8) is 0 Å². The number of piperazine rings is 1. The van der Waals surface area contributed by atoms with Gasteiger partial charge in [0, 0.05) is 39.8 Å². The summed E-state index contributed by atoms with van der Waals surface area (Å²) >= 11 is 0. The number of carbonyl (C=O) groups is 1. The average molecular weight is 295 g/mol. The molecule has 3 atom stereocenters. The van der Waals surface area contributed by atoms with Crippen LogP contribution in [0.1, 0.15) is 46.0 Å². The second kappa shape index (κ2) is 7.59. The summed E-state index contributed by atoms with van der Waals surface area (Å²) in [5.74, 6) is 1.93. The molecule has 1 saturated carbocycles. The Labute approximate surface area is 130 Å². The van der Waals surface area contributed by atoms with Crippen LogP contribution in [-0.4, -0.2) is 61.5 Å². The molecule has 0 aromatic heterocycles. The van der Waals surface area contributed by atoms with Crippen LogP contribution in [0.4, 0.5) is 0 Å². The molecule has 1 aliphatic carbocycles. The molecule has 0 bridgehead atoms. The zero-order valence-electron chi connectivity index (χ0n) is 14.3. The van der Waals surface area contributed by atoms with E-state index in [1.54, 1.807) is 4.90 Å². The van der Waals surface area contributed by atoms with E-state index in [4.69, 9.17) is 0 Å². The highest BCUT2D eigenvalue weighted by Crippen LogP contribution is 2.31. The van der Waals surface area contributed by atoms with Crippen LogP contribution in [0.3, 0.4) is 0 Å². The zero-order chi connectivity index (χ0) is 15.4. The molecule has 122 valence electrons. The Morgan fingerprint density at radius 3 is 2.62 bits per heavy atom. The fraction of sp³-hybridized carbons (Fsp3) is 0.941. The third-order valence-corrected chi connectivity index (χ3v) is 5.41. The highest BCUT2D eigenvalue weighted by molar-refractivity contribution is 5.81. The number of nitrogens with one attached hydrogen (secondary N) is 1. The minimum absolute atomic E-state index is 0.0364. The van der Waals surface area contributed by atoms with E-state index in [2.05, 4.69) is 24.1 Å². The topological polar surface area (TPSA) is 35.6 Å². The lowest BCUT2D eigenvalue weighted by Gasteiger charge is -2.41. The van der Waals surface area contributed by atoms with Gasteiger partial charge in [-0.2, -0.15) is 0 Å². The lowest BCUT2D eigenvalue weighted by molar-refractivity contribution is -0.136. The molecule has 0 radical (unpaired) electrons. The summed E-state index contributed by atoms with van der Waals surface area (Å²) in [6.45, 7) is 7.55. The number of amides is 1. The molecule has 1 saturated heterocycles. The van der Waals surface area contributed by atoms with Gasteiger partial charge in [-0.3, -0.25) is 9.69 Å². The second-order valence-corrected chi connectivity index (χ2v) is 7.36. The summed E-state index contributed by atoms with van der Waals surface area (Å²) in [7, 11) is 3.74. The van der Waals surface area contributed by atoms with Crippen LogP contribution >= 0.6 is 0 Å². The van der Waals surface area contributed by atoms with Crippen LogP contribution in [0, 0.1) is 11.8 Å². The van der Waals surface area contributed by atoms with E-state index in [9.17, 15) is 4.79 Å². The molecule has 4 heteroatoms. The molecule has 2 aliphatic rings. The molecular weight excluding hydrogens is 262 g/mol. The predicted octanol–water partition coefficient (Wildman–Crippen LogP) is 1.95. The van der Waals surface area contributed by atoms with E-state index in [-0.39, 0.29) is 11.9 Å². The van der Waals surface area contributed by atoms with Crippen molar-refractivity contribution in [1.82, 2.24) is 15.1 Å². The van der Waals surface area contributed by atoms with Crippen molar-refractivity contribution in [3.05, 3.63) is 0 Å². The summed E-state index contributed by atoms with van der Waals surface area (Å²) in [6, 6.07) is 0.638. The van der Waals surface area contributed by atoms with Crippen LogP contribution < -0.4 is 5.32 Å². The Kier molecular flexibility index (Phi) is 6.06. The van der Waals surface area contributed by atoms with Crippen molar-refractivity contribution in [2.75, 3.05) is 33.7 Å². The van der Waals surface area contributed by atoms with Gasteiger partial charge in [0.2, 0.25) is 5.91 Å². The fourth-order valence-corrected chi connectivity index (χ4v) is 3.99. The van der Waals surface area contributed by atoms with Gasteiger partial charge < -0.3 is 10.2 Å². The lowest BCUT2D eigenvalue weighted by atomic mass is 9.89. The van der Waals surface area contributed by atoms with Gasteiger partial charge in [0.1, 0.15) is 6.04 Å². The number of nitrogens with zero attached hydrogens (tertiary/aromatic N) is 2. The molecule has 1 amide bonds. The third kappa shape index (κ3) is 4.19. The monoisotopic (exact) mass is 295 g/mol. The van der Waals surface area contributed by atoms with Crippen molar-refractivity contribution >= 4 is 5.91 Å². The first-order chi connectivity index (χ1) is 10.0. The summed E-state index contributed by atoms with van der Waals surface area (Å²) < 4.78 is 0. The van der Waals surface area contributed by atoms with Gasteiger partial charge in [-0.1, -0.05) is 26.7 Å². The summed E-state index contributed by atoms with van der Waals surface area (Å²) in [4.78, 5) is 16.7. The summed E-state index contributed by atoms with van der Waals surface area (Å²) in [6.07, 6.45) is 6.54. The van der Waals surface area contributed by atoms with E-state index in [1.807, 2.05) is 14.1 Å². The van der Waals surface area contributed by atoms with Crippen LogP contribution in [0.25, 0.3) is 0 Å². The molecule has 3 unspecified atom stereocenters. The van der Waals surface area contributed by atoms with Crippen LogP contribution in [0.5, 0.6) is 0 Å². The van der Waals surface area contributed by atoms with Crippen molar-refractivity contribution < 1.29 is 4.79 Å². The largest absolute Gasteiger partial charge is 0.347 e. The van der Waals surface area contributed by atoms with Crippen molar-refractivity contribution in [2.24, 2.45) is 11.8 Å². The normalized spacial score (nSPS) is 32.0. The SMILES string of the molecule is CC(C)C1CCCC(N2CCNCC2C(=O)N(C)C)CC1. The molecule has 4 nitrogen and oxygen atoms in total. The minimum Gasteiger partial charge on any atom is -0.347 e. The first-order valence-corrected chi connectivity index (χ1v) is 8.68. The van der Waals surface area contributed by atoms with Gasteiger partial charge in [-0.05, 0) is 31.1 Å². The van der Waals surface area contributed by atoms with Gasteiger partial charge in [0.25, 0.3) is 0 Å². The van der Waals surface area contributed by atoms with E-state index in [1.165, 1.54) is 32.1 Å². The molecule has 0 spiro atoms. The van der Waals surface area contributed by atoms with Crippen molar-refractivity contribution in [2.45, 2.75) is 58.0 Å². The molecule has 21 heavy (non-hydrogen) atoms. The fourth-order valence-electron chi connectivity index (χ4n) is 3.99. The molecule has 0 aromatic carbocycles. The Bertz CT molecular complexity index is 343. The quantitative estimate of drug-likeness (QED) is 0.809. The van der Waals surface area contributed by atoms with Crippen LogP contribution in [-0.2, 0) is 4.79 Å². The number of likely N-dealkylation sites (N-methyl/N-ethyl adjacent to an activating group) is 1. The lowest BCUT2D eigenvalue weighted by Crippen LogP contribution is -2.60. The first kappa shape index (κ1) is 16.8. The Balaban J connectivity index is 2.02. The molecule has 2 fully saturated rings. The Morgan fingerprint density at radius 1 is 1.19 bits per heavy atom. The van der Waals surface area contributed by atoms with Crippen LogP contribution in [0.15, 0.2) is 0 Å². The second-order valence-electron chi connectivity index (χ2n) is 7.36. The Hall–Kier alpha value is -0.610. The van der Waals surface area contributed by atoms with Gasteiger partial charge in [0.05, 0.1) is 0 Å². The highest BCUT2D eigenvalue weighted by atomic mass is 16.2.